The summed E-state index contributed by atoms with van der Waals surface area (Å²) >= 11 is 9.87. The predicted octanol–water partition coefficient (Wildman–Crippen LogP) is 6.64. The van der Waals surface area contributed by atoms with Gasteiger partial charge in [-0.25, -0.2) is 4.79 Å². The summed E-state index contributed by atoms with van der Waals surface area (Å²) in [6, 6.07) is 5.23. The van der Waals surface area contributed by atoms with Gasteiger partial charge in [0.25, 0.3) is 0 Å². The van der Waals surface area contributed by atoms with Crippen molar-refractivity contribution in [1.29, 1.82) is 0 Å². The summed E-state index contributed by atoms with van der Waals surface area (Å²) in [4.78, 5) is 13.9. The Labute approximate surface area is 196 Å². The third-order valence-electron chi connectivity index (χ3n) is 4.68. The second-order valence-corrected chi connectivity index (χ2v) is 11.7. The minimum atomic E-state index is -4.26. The third kappa shape index (κ3) is 5.85. The van der Waals surface area contributed by atoms with Crippen LogP contribution >= 0.6 is 45.5 Å². The highest BCUT2D eigenvalue weighted by molar-refractivity contribution is 14.1. The van der Waals surface area contributed by atoms with Crippen LogP contribution in [0.1, 0.15) is 32.8 Å². The maximum atomic E-state index is 13.0. The first-order valence-electron chi connectivity index (χ1n) is 9.49. The van der Waals surface area contributed by atoms with Crippen LogP contribution in [0.4, 0.5) is 23.7 Å². The van der Waals surface area contributed by atoms with Gasteiger partial charge in [-0.3, -0.25) is 0 Å². The summed E-state index contributed by atoms with van der Waals surface area (Å²) in [5.74, 6) is 0. The van der Waals surface area contributed by atoms with Crippen molar-refractivity contribution in [2.24, 2.45) is 0 Å². The molecule has 1 N–H and O–H groups in total. The van der Waals surface area contributed by atoms with E-state index in [1.807, 2.05) is 49.4 Å². The largest absolute Gasteiger partial charge is 0.444 e. The van der Waals surface area contributed by atoms with Crippen LogP contribution in [-0.2, 0) is 11.2 Å². The van der Waals surface area contributed by atoms with Crippen molar-refractivity contribution in [1.82, 2.24) is 4.90 Å². The molecule has 166 valence electrons. The van der Waals surface area contributed by atoms with E-state index in [1.165, 1.54) is 11.3 Å². The maximum Gasteiger partial charge on any atom is 0.410 e. The number of fused-ring (bicyclic) bond motifs is 1. The summed E-state index contributed by atoms with van der Waals surface area (Å²) in [7, 11) is 0. The fourth-order valence-corrected chi connectivity index (χ4v) is 5.90. The van der Waals surface area contributed by atoms with Gasteiger partial charge in [-0.2, -0.15) is 13.2 Å². The van der Waals surface area contributed by atoms with Crippen LogP contribution in [0.15, 0.2) is 18.2 Å². The van der Waals surface area contributed by atoms with Crippen molar-refractivity contribution in [2.75, 3.05) is 18.4 Å². The molecule has 3 rings (SSSR count). The quantitative estimate of drug-likeness (QED) is 0.330. The molecule has 0 radical (unpaired) electrons. The van der Waals surface area contributed by atoms with Gasteiger partial charge in [0.1, 0.15) is 5.60 Å². The Kier molecular flexibility index (Phi) is 7.03. The lowest BCUT2D eigenvalue weighted by molar-refractivity contribution is -0.127. The number of hydrogen-bond donors (Lipinski definition) is 1. The molecule has 0 spiro atoms. The van der Waals surface area contributed by atoms with Crippen molar-refractivity contribution in [3.63, 3.8) is 0 Å². The first-order valence-corrected chi connectivity index (χ1v) is 11.8. The molecule has 2 atom stereocenters. The molecule has 1 saturated heterocycles. The number of carbonyl (C=O) groups excluding carboxylic acids is 1. The van der Waals surface area contributed by atoms with Gasteiger partial charge in [-0.05, 0) is 66.8 Å². The van der Waals surface area contributed by atoms with Crippen molar-refractivity contribution < 1.29 is 22.7 Å². The lowest BCUT2D eigenvalue weighted by Crippen LogP contribution is -2.50. The SMILES string of the molecule is CC(C)(C)OC(=O)N1CCC(Nc2cccc3c(CC(F)(F)F)c(I)sc23)C(Cl)C1. The summed E-state index contributed by atoms with van der Waals surface area (Å²) < 4.78 is 45.8. The van der Waals surface area contributed by atoms with Crippen LogP contribution in [0.25, 0.3) is 10.1 Å². The Morgan fingerprint density at radius 3 is 2.67 bits per heavy atom. The van der Waals surface area contributed by atoms with Crippen LogP contribution in [0.3, 0.4) is 0 Å². The number of hydrogen-bond acceptors (Lipinski definition) is 4. The summed E-state index contributed by atoms with van der Waals surface area (Å²) in [5.41, 5.74) is 0.507. The van der Waals surface area contributed by atoms with Crippen LogP contribution in [0.5, 0.6) is 0 Å². The average Bonchev–Trinajstić information content (AvgIpc) is 2.90. The van der Waals surface area contributed by atoms with Gasteiger partial charge < -0.3 is 15.0 Å². The molecule has 2 aromatic rings. The number of benzene rings is 1. The number of anilines is 1. The van der Waals surface area contributed by atoms with E-state index < -0.39 is 24.3 Å². The third-order valence-corrected chi connectivity index (χ3v) is 7.50. The van der Waals surface area contributed by atoms with Gasteiger partial charge in [0.05, 0.1) is 25.1 Å². The molecule has 1 amide bonds. The molecule has 0 saturated carbocycles. The highest BCUT2D eigenvalue weighted by Gasteiger charge is 2.34. The smallest absolute Gasteiger partial charge is 0.410 e. The Bertz CT molecular complexity index is 929. The molecular formula is C20H23ClF3IN2O2S. The second-order valence-electron chi connectivity index (χ2n) is 8.31. The average molecular weight is 575 g/mol. The lowest BCUT2D eigenvalue weighted by Gasteiger charge is -2.37. The van der Waals surface area contributed by atoms with Gasteiger partial charge in [-0.15, -0.1) is 22.9 Å². The van der Waals surface area contributed by atoms with Crippen LogP contribution in [0.2, 0.25) is 0 Å². The fraction of sp³-hybridized carbons (Fsp3) is 0.550. The first-order chi connectivity index (χ1) is 13.8. The standard InChI is InChI=1S/C20H23ClF3IN2O2S/c1-19(2,3)29-18(28)27-8-7-14(13(21)10-27)26-15-6-4-5-11-12(9-20(22,23)24)17(25)30-16(11)15/h4-6,13-14,26H,7-10H2,1-3H3. The van der Waals surface area contributed by atoms with E-state index >= 15 is 0 Å². The number of alkyl halides is 4. The zero-order valence-corrected chi connectivity index (χ0v) is 20.5. The van der Waals surface area contributed by atoms with E-state index in [2.05, 4.69) is 5.32 Å². The van der Waals surface area contributed by atoms with Crippen molar-refractivity contribution >= 4 is 67.4 Å². The van der Waals surface area contributed by atoms with Gasteiger partial charge in [0.15, 0.2) is 0 Å². The van der Waals surface area contributed by atoms with Crippen LogP contribution < -0.4 is 5.32 Å². The number of halogens is 5. The zero-order chi connectivity index (χ0) is 22.3. The molecule has 1 aromatic heterocycles. The lowest BCUT2D eigenvalue weighted by atomic mass is 10.0. The fourth-order valence-electron chi connectivity index (χ4n) is 3.38. The highest BCUT2D eigenvalue weighted by Crippen LogP contribution is 2.40. The number of likely N-dealkylation sites (tertiary alicyclic amines) is 1. The second kappa shape index (κ2) is 8.90. The molecule has 4 nitrogen and oxygen atoms in total. The number of nitrogens with zero attached hydrogens (tertiary/aromatic N) is 1. The molecule has 0 aliphatic carbocycles. The van der Waals surface area contributed by atoms with E-state index in [0.717, 1.165) is 10.4 Å². The van der Waals surface area contributed by atoms with Crippen molar-refractivity contribution in [3.05, 3.63) is 26.6 Å². The number of thiophene rings is 1. The number of amides is 1. The maximum absolute atomic E-state index is 13.0. The Morgan fingerprint density at radius 1 is 1.37 bits per heavy atom. The Morgan fingerprint density at radius 2 is 2.07 bits per heavy atom. The highest BCUT2D eigenvalue weighted by atomic mass is 127. The molecule has 1 fully saturated rings. The Hall–Kier alpha value is -0.940. The number of piperidine rings is 1. The summed E-state index contributed by atoms with van der Waals surface area (Å²) in [6.07, 6.45) is -4.98. The van der Waals surface area contributed by atoms with Crippen molar-refractivity contribution in [3.8, 4) is 0 Å². The van der Waals surface area contributed by atoms with E-state index in [4.69, 9.17) is 16.3 Å². The summed E-state index contributed by atoms with van der Waals surface area (Å²) in [6.45, 7) is 6.27. The molecule has 2 unspecified atom stereocenters. The van der Waals surface area contributed by atoms with Crippen LogP contribution in [0, 0.1) is 2.88 Å². The number of ether oxygens (including phenoxy) is 1. The number of carbonyl (C=O) groups is 1. The van der Waals surface area contributed by atoms with Crippen LogP contribution in [-0.4, -0.2) is 47.3 Å². The monoisotopic (exact) mass is 574 g/mol. The molecule has 0 bridgehead atoms. The number of rotatable bonds is 3. The minimum absolute atomic E-state index is 0.109. The van der Waals surface area contributed by atoms with Crippen molar-refractivity contribution in [2.45, 2.75) is 56.8 Å². The van der Waals surface area contributed by atoms with E-state index in [9.17, 15) is 18.0 Å². The van der Waals surface area contributed by atoms with Gasteiger partial charge in [0.2, 0.25) is 0 Å². The Balaban J connectivity index is 1.74. The van der Waals surface area contributed by atoms with E-state index in [1.54, 1.807) is 17.0 Å². The molecule has 30 heavy (non-hydrogen) atoms. The van der Waals surface area contributed by atoms with E-state index in [0.29, 0.717) is 33.3 Å². The topological polar surface area (TPSA) is 41.6 Å². The number of nitrogens with one attached hydrogen (secondary N) is 1. The minimum Gasteiger partial charge on any atom is -0.444 e. The molecule has 2 heterocycles. The van der Waals surface area contributed by atoms with E-state index in [-0.39, 0.29) is 11.4 Å². The van der Waals surface area contributed by atoms with Gasteiger partial charge in [-0.1, -0.05) is 12.1 Å². The molecule has 1 aromatic carbocycles. The molecular weight excluding hydrogens is 552 g/mol. The predicted molar refractivity (Wildman–Crippen MR) is 124 cm³/mol. The molecule has 10 heteroatoms. The van der Waals surface area contributed by atoms with Gasteiger partial charge >= 0.3 is 12.3 Å². The molecule has 1 aliphatic heterocycles. The zero-order valence-electron chi connectivity index (χ0n) is 16.8. The first kappa shape index (κ1) is 23.7. The summed E-state index contributed by atoms with van der Waals surface area (Å²) in [5, 5.41) is 3.66. The normalized spacial score (nSPS) is 20.5. The molecule has 1 aliphatic rings. The van der Waals surface area contributed by atoms with Gasteiger partial charge in [0, 0.05) is 19.1 Å².